The summed E-state index contributed by atoms with van der Waals surface area (Å²) in [6.07, 6.45) is 2.87. The van der Waals surface area contributed by atoms with Crippen molar-refractivity contribution in [2.24, 2.45) is 0 Å². The van der Waals surface area contributed by atoms with Gasteiger partial charge in [0.1, 0.15) is 6.61 Å². The molecule has 3 heterocycles. The number of rotatable bonds is 4. The van der Waals surface area contributed by atoms with Gasteiger partial charge in [-0.05, 0) is 29.7 Å². The lowest BCUT2D eigenvalue weighted by atomic mass is 9.97. The van der Waals surface area contributed by atoms with Gasteiger partial charge in [0.05, 0.1) is 11.2 Å². The average molecular weight is 380 g/mol. The molecule has 0 spiro atoms. The molecule has 5 heteroatoms. The van der Waals surface area contributed by atoms with Crippen molar-refractivity contribution < 1.29 is 5.11 Å². The van der Waals surface area contributed by atoms with Gasteiger partial charge in [-0.1, -0.05) is 61.5 Å². The zero-order chi connectivity index (χ0) is 19.8. The Morgan fingerprint density at radius 1 is 0.897 bits per heavy atom. The van der Waals surface area contributed by atoms with Crippen molar-refractivity contribution in [2.45, 2.75) is 20.0 Å². The first kappa shape index (κ1) is 17.5. The third-order valence-electron chi connectivity index (χ3n) is 5.30. The molecule has 5 aromatic rings. The molecule has 0 aliphatic carbocycles. The van der Waals surface area contributed by atoms with Crippen LogP contribution in [0.3, 0.4) is 0 Å². The topological polar surface area (TPSA) is 63.3 Å². The van der Waals surface area contributed by atoms with Crippen molar-refractivity contribution in [2.75, 3.05) is 0 Å². The molecule has 3 aromatic heterocycles. The largest absolute Gasteiger partial charge is 0.388 e. The smallest absolute Gasteiger partial charge is 0.170 e. The lowest BCUT2D eigenvalue weighted by Gasteiger charge is -2.12. The fourth-order valence-electron chi connectivity index (χ4n) is 3.71. The van der Waals surface area contributed by atoms with Crippen molar-refractivity contribution in [1.82, 2.24) is 19.6 Å². The quantitative estimate of drug-likeness (QED) is 0.492. The van der Waals surface area contributed by atoms with Crippen LogP contribution in [-0.2, 0) is 13.0 Å². The van der Waals surface area contributed by atoms with Gasteiger partial charge in [0.25, 0.3) is 0 Å². The summed E-state index contributed by atoms with van der Waals surface area (Å²) in [4.78, 5) is 5.02. The van der Waals surface area contributed by atoms with E-state index in [4.69, 9.17) is 4.98 Å². The molecule has 0 aliphatic heterocycles. The van der Waals surface area contributed by atoms with E-state index < -0.39 is 0 Å². The molecule has 0 radical (unpaired) electrons. The molecule has 142 valence electrons. The van der Waals surface area contributed by atoms with Crippen LogP contribution in [0, 0.1) is 0 Å². The van der Waals surface area contributed by atoms with Crippen molar-refractivity contribution in [3.8, 4) is 22.4 Å². The minimum atomic E-state index is -0.159. The highest BCUT2D eigenvalue weighted by molar-refractivity contribution is 5.98. The summed E-state index contributed by atoms with van der Waals surface area (Å²) in [5.41, 5.74) is 7.02. The van der Waals surface area contributed by atoms with Gasteiger partial charge >= 0.3 is 0 Å². The van der Waals surface area contributed by atoms with Crippen LogP contribution in [0.5, 0.6) is 0 Å². The highest BCUT2D eigenvalue weighted by Crippen LogP contribution is 2.34. The minimum Gasteiger partial charge on any atom is -0.388 e. The SMILES string of the molecule is CCc1ccc(-c2nc3ccn4c(CO)nnc4c3cc2-c2ccccc2)cc1. The monoisotopic (exact) mass is 380 g/mol. The Morgan fingerprint density at radius 2 is 1.69 bits per heavy atom. The molecule has 5 nitrogen and oxygen atoms in total. The summed E-state index contributed by atoms with van der Waals surface area (Å²) < 4.78 is 1.81. The second-order valence-electron chi connectivity index (χ2n) is 7.02. The van der Waals surface area contributed by atoms with Crippen LogP contribution in [0.15, 0.2) is 72.9 Å². The van der Waals surface area contributed by atoms with E-state index in [-0.39, 0.29) is 6.61 Å². The van der Waals surface area contributed by atoms with E-state index in [0.29, 0.717) is 11.5 Å². The number of hydrogen-bond donors (Lipinski definition) is 1. The first-order valence-corrected chi connectivity index (χ1v) is 9.71. The Kier molecular flexibility index (Phi) is 4.30. The predicted molar refractivity (Wildman–Crippen MR) is 114 cm³/mol. The Morgan fingerprint density at radius 3 is 2.41 bits per heavy atom. The Labute approximate surface area is 168 Å². The molecule has 0 saturated heterocycles. The van der Waals surface area contributed by atoms with Crippen molar-refractivity contribution in [1.29, 1.82) is 0 Å². The number of aromatic nitrogens is 4. The molecule has 29 heavy (non-hydrogen) atoms. The Balaban J connectivity index is 1.81. The maximum atomic E-state index is 9.53. The molecule has 1 N–H and O–H groups in total. The van der Waals surface area contributed by atoms with Crippen LogP contribution in [0.4, 0.5) is 0 Å². The molecule has 0 fully saturated rings. The summed E-state index contributed by atoms with van der Waals surface area (Å²) in [6.45, 7) is 2.00. The van der Waals surface area contributed by atoms with Crippen LogP contribution in [0.1, 0.15) is 18.3 Å². The third-order valence-corrected chi connectivity index (χ3v) is 5.30. The predicted octanol–water partition coefficient (Wildman–Crippen LogP) is 4.67. The molecule has 0 atom stereocenters. The molecule has 2 aromatic carbocycles. The number of fused-ring (bicyclic) bond motifs is 3. The zero-order valence-corrected chi connectivity index (χ0v) is 16.1. The van der Waals surface area contributed by atoms with Crippen molar-refractivity contribution in [3.63, 3.8) is 0 Å². The lowest BCUT2D eigenvalue weighted by molar-refractivity contribution is 0.270. The first-order valence-electron chi connectivity index (χ1n) is 9.71. The highest BCUT2D eigenvalue weighted by atomic mass is 16.3. The number of aliphatic hydroxyl groups excluding tert-OH is 1. The summed E-state index contributed by atoms with van der Waals surface area (Å²) in [5, 5.41) is 18.8. The van der Waals surface area contributed by atoms with Gasteiger partial charge in [0.2, 0.25) is 0 Å². The van der Waals surface area contributed by atoms with Gasteiger partial charge < -0.3 is 5.11 Å². The van der Waals surface area contributed by atoms with E-state index in [1.165, 1.54) is 5.56 Å². The average Bonchev–Trinajstić information content (AvgIpc) is 3.22. The number of nitrogens with zero attached hydrogens (tertiary/aromatic N) is 4. The maximum absolute atomic E-state index is 9.53. The molecule has 0 amide bonds. The summed E-state index contributed by atoms with van der Waals surface area (Å²) >= 11 is 0. The van der Waals surface area contributed by atoms with Gasteiger partial charge in [0, 0.05) is 22.7 Å². The summed E-state index contributed by atoms with van der Waals surface area (Å²) in [6, 6.07) is 22.9. The second kappa shape index (κ2) is 7.11. The van der Waals surface area contributed by atoms with E-state index in [1.54, 1.807) is 0 Å². The van der Waals surface area contributed by atoms with Gasteiger partial charge in [-0.15, -0.1) is 10.2 Å². The van der Waals surface area contributed by atoms with Crippen LogP contribution >= 0.6 is 0 Å². The standard InChI is InChI=1S/C24H20N4O/c1-2-16-8-10-18(11-9-16)23-19(17-6-4-3-5-7-17)14-20-21(25-23)12-13-28-22(15-29)26-27-24(20)28/h3-14,29H,2,15H2,1H3. The fourth-order valence-corrected chi connectivity index (χ4v) is 3.71. The van der Waals surface area contributed by atoms with Crippen molar-refractivity contribution >= 4 is 16.6 Å². The number of pyridine rings is 2. The molecule has 0 aliphatic rings. The molecule has 0 bridgehead atoms. The van der Waals surface area contributed by atoms with Gasteiger partial charge in [-0.2, -0.15) is 0 Å². The maximum Gasteiger partial charge on any atom is 0.170 e. The first-order chi connectivity index (χ1) is 14.3. The normalized spacial score (nSPS) is 11.4. The number of benzene rings is 2. The molecule has 0 saturated carbocycles. The molecular weight excluding hydrogens is 360 g/mol. The van der Waals surface area contributed by atoms with E-state index >= 15 is 0 Å². The number of hydrogen-bond acceptors (Lipinski definition) is 4. The number of aliphatic hydroxyl groups is 1. The van der Waals surface area contributed by atoms with Gasteiger partial charge in [-0.3, -0.25) is 4.40 Å². The van der Waals surface area contributed by atoms with Crippen LogP contribution in [0.2, 0.25) is 0 Å². The summed E-state index contributed by atoms with van der Waals surface area (Å²) in [5.74, 6) is 0.516. The Hall–Kier alpha value is -3.57. The number of aryl methyl sites for hydroxylation is 1. The van der Waals surface area contributed by atoms with Crippen LogP contribution in [0.25, 0.3) is 38.9 Å². The molecule has 5 rings (SSSR count). The fraction of sp³-hybridized carbons (Fsp3) is 0.125. The van der Waals surface area contributed by atoms with Crippen LogP contribution < -0.4 is 0 Å². The van der Waals surface area contributed by atoms with E-state index in [2.05, 4.69) is 59.6 Å². The van der Waals surface area contributed by atoms with Crippen LogP contribution in [-0.4, -0.2) is 24.7 Å². The van der Waals surface area contributed by atoms with E-state index in [1.807, 2.05) is 34.9 Å². The minimum absolute atomic E-state index is 0.159. The van der Waals surface area contributed by atoms with E-state index in [9.17, 15) is 5.11 Å². The zero-order valence-electron chi connectivity index (χ0n) is 16.1. The van der Waals surface area contributed by atoms with Gasteiger partial charge in [0.15, 0.2) is 11.5 Å². The van der Waals surface area contributed by atoms with Crippen molar-refractivity contribution in [3.05, 3.63) is 84.3 Å². The molecular formula is C24H20N4O. The summed E-state index contributed by atoms with van der Waals surface area (Å²) in [7, 11) is 0. The Bertz CT molecular complexity index is 1310. The molecule has 0 unspecified atom stereocenters. The third kappa shape index (κ3) is 2.96. The second-order valence-corrected chi connectivity index (χ2v) is 7.02. The van der Waals surface area contributed by atoms with Gasteiger partial charge in [-0.25, -0.2) is 4.98 Å². The van der Waals surface area contributed by atoms with E-state index in [0.717, 1.165) is 39.7 Å². The lowest BCUT2D eigenvalue weighted by Crippen LogP contribution is -1.96. The highest BCUT2D eigenvalue weighted by Gasteiger charge is 2.15.